The predicted octanol–water partition coefficient (Wildman–Crippen LogP) is 3.26. The van der Waals surface area contributed by atoms with E-state index in [9.17, 15) is 0 Å². The van der Waals surface area contributed by atoms with E-state index in [-0.39, 0.29) is 0 Å². The molecule has 2 atom stereocenters. The van der Waals surface area contributed by atoms with E-state index in [1.807, 2.05) is 0 Å². The average molecular weight is 220 g/mol. The Labute approximate surface area is 93.5 Å². The summed E-state index contributed by atoms with van der Waals surface area (Å²) in [7, 11) is -1.05. The molecule has 1 aliphatic rings. The van der Waals surface area contributed by atoms with Gasteiger partial charge < -0.3 is 4.74 Å². The van der Waals surface area contributed by atoms with Crippen molar-refractivity contribution in [2.24, 2.45) is 0 Å². The Kier molecular flexibility index (Phi) is 2.98. The molecule has 0 radical (unpaired) electrons. The van der Waals surface area contributed by atoms with Gasteiger partial charge in [0, 0.05) is 0 Å². The first-order valence-corrected chi connectivity index (χ1v) is 9.34. The van der Waals surface area contributed by atoms with E-state index in [1.54, 1.807) is 0 Å². The summed E-state index contributed by atoms with van der Waals surface area (Å²) in [4.78, 5) is 0. The molecule has 1 aromatic carbocycles. The van der Waals surface area contributed by atoms with Crippen molar-refractivity contribution in [1.29, 1.82) is 0 Å². The van der Waals surface area contributed by atoms with Crippen molar-refractivity contribution in [2.75, 3.05) is 0 Å². The Morgan fingerprint density at radius 2 is 1.80 bits per heavy atom. The lowest BCUT2D eigenvalue weighted by atomic mass is 10.1. The monoisotopic (exact) mass is 220 g/mol. The summed E-state index contributed by atoms with van der Waals surface area (Å²) in [5.41, 5.74) is 2.04. The molecule has 1 saturated heterocycles. The van der Waals surface area contributed by atoms with Gasteiger partial charge in [-0.05, 0) is 18.4 Å². The second-order valence-corrected chi connectivity index (χ2v) is 10.8. The minimum Gasteiger partial charge on any atom is -0.373 e. The number of hydrogen-bond acceptors (Lipinski definition) is 1. The summed E-state index contributed by atoms with van der Waals surface area (Å²) in [6.45, 7) is 7.17. The number of rotatable bonds is 4. The average Bonchev–Trinajstić information content (AvgIpc) is 2.95. The molecule has 1 aliphatic heterocycles. The molecule has 0 saturated carbocycles. The molecule has 0 amide bonds. The van der Waals surface area contributed by atoms with Crippen LogP contribution in [0.5, 0.6) is 0 Å². The zero-order valence-electron chi connectivity index (χ0n) is 9.86. The SMILES string of the molecule is C[Si](C)(C)[C@H]1O[C@@H]1CCc1ccccc1. The van der Waals surface area contributed by atoms with Gasteiger partial charge in [-0.25, -0.2) is 0 Å². The highest BCUT2D eigenvalue weighted by Gasteiger charge is 2.47. The van der Waals surface area contributed by atoms with Crippen molar-refractivity contribution in [3.05, 3.63) is 35.9 Å². The molecular formula is C13H20OSi. The van der Waals surface area contributed by atoms with Crippen LogP contribution >= 0.6 is 0 Å². The second-order valence-electron chi connectivity index (χ2n) is 5.49. The molecule has 1 fully saturated rings. The van der Waals surface area contributed by atoms with Gasteiger partial charge in [-0.1, -0.05) is 50.0 Å². The molecule has 82 valence electrons. The number of aryl methyl sites for hydroxylation is 1. The van der Waals surface area contributed by atoms with Crippen LogP contribution in [0.1, 0.15) is 12.0 Å². The predicted molar refractivity (Wildman–Crippen MR) is 66.8 cm³/mol. The summed E-state index contributed by atoms with van der Waals surface area (Å²) in [6.07, 6.45) is 2.91. The van der Waals surface area contributed by atoms with Crippen molar-refractivity contribution in [1.82, 2.24) is 0 Å². The fourth-order valence-corrected chi connectivity index (χ4v) is 3.94. The van der Waals surface area contributed by atoms with Crippen LogP contribution in [0.2, 0.25) is 19.6 Å². The molecule has 0 aromatic heterocycles. The summed E-state index contributed by atoms with van der Waals surface area (Å²) >= 11 is 0. The minimum atomic E-state index is -1.05. The van der Waals surface area contributed by atoms with Gasteiger partial charge in [0.25, 0.3) is 0 Å². The molecule has 0 N–H and O–H groups in total. The molecule has 1 nitrogen and oxygen atoms in total. The minimum absolute atomic E-state index is 0.553. The van der Waals surface area contributed by atoms with E-state index in [0.29, 0.717) is 11.8 Å². The highest BCUT2D eigenvalue weighted by atomic mass is 28.3. The van der Waals surface area contributed by atoms with E-state index in [1.165, 1.54) is 12.0 Å². The van der Waals surface area contributed by atoms with Gasteiger partial charge in [-0.3, -0.25) is 0 Å². The molecule has 0 bridgehead atoms. The topological polar surface area (TPSA) is 12.5 Å². The fourth-order valence-electron chi connectivity index (χ4n) is 2.08. The fraction of sp³-hybridized carbons (Fsp3) is 0.538. The van der Waals surface area contributed by atoms with E-state index < -0.39 is 8.07 Å². The number of epoxide rings is 1. The maximum absolute atomic E-state index is 5.76. The van der Waals surface area contributed by atoms with Crippen LogP contribution in [-0.4, -0.2) is 19.9 Å². The summed E-state index contributed by atoms with van der Waals surface area (Å²) in [5.74, 6) is 0. The highest BCUT2D eigenvalue weighted by Crippen LogP contribution is 2.34. The highest BCUT2D eigenvalue weighted by molar-refractivity contribution is 6.78. The summed E-state index contributed by atoms with van der Waals surface area (Å²) in [5, 5.41) is 0. The first-order chi connectivity index (χ1) is 7.07. The smallest absolute Gasteiger partial charge is 0.0819 e. The van der Waals surface area contributed by atoms with Gasteiger partial charge in [0.2, 0.25) is 0 Å². The molecule has 0 unspecified atom stereocenters. The molecule has 0 spiro atoms. The lowest BCUT2D eigenvalue weighted by Gasteiger charge is -2.11. The Morgan fingerprint density at radius 3 is 2.33 bits per heavy atom. The van der Waals surface area contributed by atoms with Crippen LogP contribution in [0.15, 0.2) is 30.3 Å². The van der Waals surface area contributed by atoms with E-state index in [4.69, 9.17) is 4.74 Å². The second kappa shape index (κ2) is 4.10. The van der Waals surface area contributed by atoms with Gasteiger partial charge in [0.05, 0.1) is 19.9 Å². The van der Waals surface area contributed by atoms with Crippen LogP contribution in [0.3, 0.4) is 0 Å². The van der Waals surface area contributed by atoms with Gasteiger partial charge >= 0.3 is 0 Å². The normalized spacial score (nSPS) is 25.3. The maximum atomic E-state index is 5.76. The molecule has 1 heterocycles. The quantitative estimate of drug-likeness (QED) is 0.560. The first kappa shape index (κ1) is 10.9. The molecular weight excluding hydrogens is 200 g/mol. The molecule has 2 rings (SSSR count). The Hall–Kier alpha value is -0.603. The summed E-state index contributed by atoms with van der Waals surface area (Å²) < 4.78 is 5.76. The van der Waals surface area contributed by atoms with Crippen molar-refractivity contribution >= 4 is 8.07 Å². The van der Waals surface area contributed by atoms with Gasteiger partial charge in [0.15, 0.2) is 0 Å². The lowest BCUT2D eigenvalue weighted by molar-refractivity contribution is 0.384. The van der Waals surface area contributed by atoms with E-state index >= 15 is 0 Å². The van der Waals surface area contributed by atoms with Crippen LogP contribution in [0.25, 0.3) is 0 Å². The third kappa shape index (κ3) is 2.92. The standard InChI is InChI=1S/C13H20OSi/c1-15(2,3)13-12(14-13)10-9-11-7-5-4-6-8-11/h4-8,12-13H,9-10H2,1-3H3/t12-,13-/m1/s1. The van der Waals surface area contributed by atoms with Crippen molar-refractivity contribution in [3.8, 4) is 0 Å². The van der Waals surface area contributed by atoms with Crippen LogP contribution in [-0.2, 0) is 11.2 Å². The Bertz CT molecular complexity index is 315. The third-order valence-electron chi connectivity index (χ3n) is 3.00. The largest absolute Gasteiger partial charge is 0.373 e. The summed E-state index contributed by atoms with van der Waals surface area (Å²) in [6, 6.07) is 10.7. The molecule has 15 heavy (non-hydrogen) atoms. The van der Waals surface area contributed by atoms with E-state index in [2.05, 4.69) is 50.0 Å². The van der Waals surface area contributed by atoms with Crippen LogP contribution in [0, 0.1) is 0 Å². The van der Waals surface area contributed by atoms with Crippen LogP contribution < -0.4 is 0 Å². The Morgan fingerprint density at radius 1 is 1.13 bits per heavy atom. The molecule has 2 heteroatoms. The maximum Gasteiger partial charge on any atom is 0.0819 e. The van der Waals surface area contributed by atoms with Gasteiger partial charge in [-0.15, -0.1) is 0 Å². The van der Waals surface area contributed by atoms with Gasteiger partial charge in [0.1, 0.15) is 0 Å². The van der Waals surface area contributed by atoms with Crippen molar-refractivity contribution in [3.63, 3.8) is 0 Å². The Balaban J connectivity index is 1.78. The lowest BCUT2D eigenvalue weighted by Crippen LogP contribution is -2.30. The molecule has 1 aromatic rings. The first-order valence-electron chi connectivity index (χ1n) is 5.77. The zero-order valence-corrected chi connectivity index (χ0v) is 10.9. The van der Waals surface area contributed by atoms with E-state index in [0.717, 1.165) is 6.42 Å². The van der Waals surface area contributed by atoms with Crippen molar-refractivity contribution in [2.45, 2.75) is 44.3 Å². The molecule has 0 aliphatic carbocycles. The van der Waals surface area contributed by atoms with Gasteiger partial charge in [-0.2, -0.15) is 0 Å². The van der Waals surface area contributed by atoms with Crippen molar-refractivity contribution < 1.29 is 4.74 Å². The number of hydrogen-bond donors (Lipinski definition) is 0. The zero-order chi connectivity index (χ0) is 10.9. The number of ether oxygens (including phenoxy) is 1. The van der Waals surface area contributed by atoms with Crippen LogP contribution in [0.4, 0.5) is 0 Å². The number of benzene rings is 1. The third-order valence-corrected chi connectivity index (χ3v) is 5.21.